The molecule has 1 heterocycles. The fourth-order valence-electron chi connectivity index (χ4n) is 2.01. The van der Waals surface area contributed by atoms with E-state index in [-0.39, 0.29) is 23.5 Å². The Bertz CT molecular complexity index is 464. The number of hydrogen-bond donors (Lipinski definition) is 0. The maximum absolute atomic E-state index is 13.7. The maximum Gasteiger partial charge on any atom is 0.223 e. The second kappa shape index (κ2) is 4.83. The van der Waals surface area contributed by atoms with Crippen LogP contribution in [-0.2, 0) is 11.3 Å². The van der Waals surface area contributed by atoms with Gasteiger partial charge in [0.15, 0.2) is 0 Å². The average molecular weight is 276 g/mol. The number of benzene rings is 1. The molecule has 1 saturated heterocycles. The van der Waals surface area contributed by atoms with Crippen molar-refractivity contribution in [3.05, 3.63) is 33.6 Å². The smallest absolute Gasteiger partial charge is 0.223 e. The van der Waals surface area contributed by atoms with E-state index in [9.17, 15) is 9.18 Å². The van der Waals surface area contributed by atoms with Crippen LogP contribution in [0.25, 0.3) is 0 Å². The van der Waals surface area contributed by atoms with Crippen molar-refractivity contribution in [2.75, 3.05) is 0 Å². The first-order valence-electron chi connectivity index (χ1n) is 5.42. The van der Waals surface area contributed by atoms with E-state index < -0.39 is 5.82 Å². The monoisotopic (exact) mass is 275 g/mol. The Hall–Kier alpha value is -0.800. The lowest BCUT2D eigenvalue weighted by Crippen LogP contribution is -2.30. The van der Waals surface area contributed by atoms with Crippen molar-refractivity contribution in [2.45, 2.75) is 32.4 Å². The number of halogens is 3. The second-order valence-corrected chi connectivity index (χ2v) is 5.02. The normalized spacial score (nSPS) is 20.1. The molecule has 0 unspecified atom stereocenters. The Balaban J connectivity index is 2.30. The Labute approximate surface area is 109 Å². The number of hydrogen-bond acceptors (Lipinski definition) is 1. The first-order chi connectivity index (χ1) is 8.00. The van der Waals surface area contributed by atoms with Crippen molar-refractivity contribution in [1.29, 1.82) is 0 Å². The SMILES string of the molecule is C[C@H]1CCC(=O)N1Cc1c(F)ccc(Cl)c1Cl. The molecule has 0 radical (unpaired) electrons. The van der Waals surface area contributed by atoms with Gasteiger partial charge < -0.3 is 4.90 Å². The van der Waals surface area contributed by atoms with Crippen molar-refractivity contribution < 1.29 is 9.18 Å². The summed E-state index contributed by atoms with van der Waals surface area (Å²) >= 11 is 11.8. The van der Waals surface area contributed by atoms with Crippen molar-refractivity contribution in [2.24, 2.45) is 0 Å². The zero-order valence-corrected chi connectivity index (χ0v) is 10.9. The molecular formula is C12H12Cl2FNO. The lowest BCUT2D eigenvalue weighted by atomic mass is 10.2. The Morgan fingerprint density at radius 1 is 1.47 bits per heavy atom. The molecule has 1 aliphatic rings. The summed E-state index contributed by atoms with van der Waals surface area (Å²) in [5.41, 5.74) is 0.293. The molecule has 0 aromatic heterocycles. The molecule has 1 aromatic rings. The zero-order valence-electron chi connectivity index (χ0n) is 9.34. The van der Waals surface area contributed by atoms with Gasteiger partial charge >= 0.3 is 0 Å². The van der Waals surface area contributed by atoms with E-state index in [1.54, 1.807) is 4.90 Å². The van der Waals surface area contributed by atoms with E-state index in [0.717, 1.165) is 6.42 Å². The van der Waals surface area contributed by atoms with Gasteiger partial charge in [-0.1, -0.05) is 23.2 Å². The second-order valence-electron chi connectivity index (χ2n) is 4.23. The minimum atomic E-state index is -0.425. The third kappa shape index (κ3) is 2.40. The van der Waals surface area contributed by atoms with Crippen molar-refractivity contribution in [1.82, 2.24) is 4.90 Å². The molecule has 1 aromatic carbocycles. The van der Waals surface area contributed by atoms with Crippen LogP contribution >= 0.6 is 23.2 Å². The highest BCUT2D eigenvalue weighted by Gasteiger charge is 2.29. The average Bonchev–Trinajstić information content (AvgIpc) is 2.60. The summed E-state index contributed by atoms with van der Waals surface area (Å²) < 4.78 is 13.7. The Kier molecular flexibility index (Phi) is 3.59. The van der Waals surface area contributed by atoms with Crippen LogP contribution in [0.3, 0.4) is 0 Å². The fraction of sp³-hybridized carbons (Fsp3) is 0.417. The highest BCUT2D eigenvalue weighted by Crippen LogP contribution is 2.31. The van der Waals surface area contributed by atoms with Gasteiger partial charge in [0.25, 0.3) is 0 Å². The zero-order chi connectivity index (χ0) is 12.6. The van der Waals surface area contributed by atoms with Crippen LogP contribution in [0.4, 0.5) is 4.39 Å². The lowest BCUT2D eigenvalue weighted by Gasteiger charge is -2.22. The van der Waals surface area contributed by atoms with E-state index in [1.165, 1.54) is 12.1 Å². The first kappa shape index (κ1) is 12.7. The molecule has 2 nitrogen and oxygen atoms in total. The number of carbonyl (C=O) groups excluding carboxylic acids is 1. The van der Waals surface area contributed by atoms with Crippen molar-refractivity contribution >= 4 is 29.1 Å². The minimum Gasteiger partial charge on any atom is -0.335 e. The van der Waals surface area contributed by atoms with Crippen LogP contribution in [0.15, 0.2) is 12.1 Å². The standard InChI is InChI=1S/C12H12Cl2FNO/c1-7-2-5-11(17)16(7)6-8-10(15)4-3-9(13)12(8)14/h3-4,7H,2,5-6H2,1H3/t7-/m0/s1. The molecule has 0 saturated carbocycles. The predicted octanol–water partition coefficient (Wildman–Crippen LogP) is 3.64. The van der Waals surface area contributed by atoms with E-state index >= 15 is 0 Å². The summed E-state index contributed by atoms with van der Waals surface area (Å²) in [7, 11) is 0. The minimum absolute atomic E-state index is 0.0351. The predicted molar refractivity (Wildman–Crippen MR) is 65.7 cm³/mol. The largest absolute Gasteiger partial charge is 0.335 e. The van der Waals surface area contributed by atoms with Crippen molar-refractivity contribution in [3.8, 4) is 0 Å². The van der Waals surface area contributed by atoms with Crippen LogP contribution in [0.1, 0.15) is 25.3 Å². The number of amides is 1. The van der Waals surface area contributed by atoms with E-state index in [1.807, 2.05) is 6.92 Å². The molecule has 0 N–H and O–H groups in total. The summed E-state index contributed by atoms with van der Waals surface area (Å²) in [6, 6.07) is 2.81. The lowest BCUT2D eigenvalue weighted by molar-refractivity contribution is -0.129. The summed E-state index contributed by atoms with van der Waals surface area (Å²) in [6.45, 7) is 2.13. The molecule has 0 bridgehead atoms. The van der Waals surface area contributed by atoms with E-state index in [2.05, 4.69) is 0 Å². The molecule has 0 aliphatic carbocycles. The number of carbonyl (C=O) groups is 1. The molecule has 1 aliphatic heterocycles. The highest BCUT2D eigenvalue weighted by molar-refractivity contribution is 6.42. The molecular weight excluding hydrogens is 264 g/mol. The number of nitrogens with zero attached hydrogens (tertiary/aromatic N) is 1. The number of rotatable bonds is 2. The molecule has 2 rings (SSSR count). The van der Waals surface area contributed by atoms with Crippen LogP contribution < -0.4 is 0 Å². The molecule has 1 fully saturated rings. The maximum atomic E-state index is 13.7. The molecule has 5 heteroatoms. The Morgan fingerprint density at radius 2 is 2.18 bits per heavy atom. The quantitative estimate of drug-likeness (QED) is 0.755. The highest BCUT2D eigenvalue weighted by atomic mass is 35.5. The summed E-state index contributed by atoms with van der Waals surface area (Å²) in [6.07, 6.45) is 1.32. The van der Waals surface area contributed by atoms with Gasteiger partial charge in [0.05, 0.1) is 16.6 Å². The molecule has 1 atom stereocenters. The van der Waals surface area contributed by atoms with Gasteiger partial charge in [-0.3, -0.25) is 4.79 Å². The van der Waals surface area contributed by atoms with Gasteiger partial charge in [-0.15, -0.1) is 0 Å². The molecule has 92 valence electrons. The number of likely N-dealkylation sites (tertiary alicyclic amines) is 1. The van der Waals surface area contributed by atoms with Gasteiger partial charge in [-0.05, 0) is 25.5 Å². The molecule has 17 heavy (non-hydrogen) atoms. The van der Waals surface area contributed by atoms with Crippen LogP contribution in [0, 0.1) is 5.82 Å². The third-order valence-corrected chi connectivity index (χ3v) is 3.94. The van der Waals surface area contributed by atoms with Crippen LogP contribution in [0.2, 0.25) is 10.0 Å². The molecule has 0 spiro atoms. The van der Waals surface area contributed by atoms with Gasteiger partial charge in [-0.2, -0.15) is 0 Å². The van der Waals surface area contributed by atoms with E-state index in [4.69, 9.17) is 23.2 Å². The van der Waals surface area contributed by atoms with Gasteiger partial charge in [0.2, 0.25) is 5.91 Å². The van der Waals surface area contributed by atoms with Crippen LogP contribution in [-0.4, -0.2) is 16.8 Å². The summed E-state index contributed by atoms with van der Waals surface area (Å²) in [4.78, 5) is 13.3. The Morgan fingerprint density at radius 3 is 2.76 bits per heavy atom. The summed E-state index contributed by atoms with van der Waals surface area (Å²) in [5, 5.41) is 0.501. The van der Waals surface area contributed by atoms with Gasteiger partial charge in [-0.25, -0.2) is 4.39 Å². The van der Waals surface area contributed by atoms with Gasteiger partial charge in [0, 0.05) is 18.0 Å². The van der Waals surface area contributed by atoms with Crippen molar-refractivity contribution in [3.63, 3.8) is 0 Å². The van der Waals surface area contributed by atoms with E-state index in [0.29, 0.717) is 17.0 Å². The summed E-state index contributed by atoms with van der Waals surface area (Å²) in [5.74, 6) is -0.390. The molecule has 1 amide bonds. The van der Waals surface area contributed by atoms with Gasteiger partial charge in [0.1, 0.15) is 5.82 Å². The topological polar surface area (TPSA) is 20.3 Å². The van der Waals surface area contributed by atoms with Crippen LogP contribution in [0.5, 0.6) is 0 Å². The first-order valence-corrected chi connectivity index (χ1v) is 6.18. The third-order valence-electron chi connectivity index (χ3n) is 3.10. The fourth-order valence-corrected chi connectivity index (χ4v) is 2.40.